The van der Waals surface area contributed by atoms with Crippen LogP contribution >= 0.6 is 7.60 Å². The van der Waals surface area contributed by atoms with Gasteiger partial charge in [-0.15, -0.1) is 0 Å². The molecule has 0 bridgehead atoms. The number of piperazine rings is 1. The van der Waals surface area contributed by atoms with Gasteiger partial charge in [0.1, 0.15) is 11.7 Å². The van der Waals surface area contributed by atoms with E-state index in [0.29, 0.717) is 12.3 Å². The molecule has 1 aliphatic heterocycles. The summed E-state index contributed by atoms with van der Waals surface area (Å²) in [6, 6.07) is 11.8. The molecule has 1 fully saturated rings. The molecular formula is C29H41N4O7P. The Bertz CT molecular complexity index is 1210. The van der Waals surface area contributed by atoms with Crippen LogP contribution in [0.25, 0.3) is 11.3 Å². The third-order valence-electron chi connectivity index (χ3n) is 6.51. The number of amides is 3. The second kappa shape index (κ2) is 15.7. The van der Waals surface area contributed by atoms with E-state index in [-0.39, 0.29) is 51.2 Å². The van der Waals surface area contributed by atoms with Crippen molar-refractivity contribution in [3.05, 3.63) is 53.7 Å². The molecule has 1 saturated heterocycles. The Hall–Kier alpha value is -3.27. The normalized spacial score (nSPS) is 14.4. The fourth-order valence-corrected chi connectivity index (χ4v) is 6.21. The summed E-state index contributed by atoms with van der Waals surface area (Å²) in [5.74, 6) is -1.02. The third-order valence-corrected chi connectivity index (χ3v) is 8.62. The minimum atomic E-state index is -3.71. The molecule has 3 amide bonds. The second-order valence-electron chi connectivity index (χ2n) is 9.72. The van der Waals surface area contributed by atoms with Crippen LogP contribution in [0, 0.1) is 6.92 Å². The fraction of sp³-hybridized carbons (Fsp3) is 0.517. The topological polar surface area (TPSA) is 127 Å². The van der Waals surface area contributed by atoms with E-state index in [1.807, 2.05) is 50.2 Å². The van der Waals surface area contributed by atoms with Crippen molar-refractivity contribution in [3.63, 3.8) is 0 Å². The van der Waals surface area contributed by atoms with Crippen molar-refractivity contribution in [2.24, 2.45) is 0 Å². The Balaban J connectivity index is 1.79. The van der Waals surface area contributed by atoms with Gasteiger partial charge in [0.2, 0.25) is 5.91 Å². The van der Waals surface area contributed by atoms with Crippen molar-refractivity contribution in [1.82, 2.24) is 20.1 Å². The number of benzene rings is 1. The molecule has 1 aromatic carbocycles. The predicted octanol–water partition coefficient (Wildman–Crippen LogP) is 4.50. The number of aryl methyl sites for hydroxylation is 1. The van der Waals surface area contributed by atoms with Gasteiger partial charge in [-0.1, -0.05) is 43.7 Å². The Morgan fingerprint density at radius 2 is 1.61 bits per heavy atom. The Morgan fingerprint density at radius 3 is 2.22 bits per heavy atom. The average molecular weight is 589 g/mol. The Kier molecular flexibility index (Phi) is 12.3. The van der Waals surface area contributed by atoms with Gasteiger partial charge >= 0.3 is 13.7 Å². The van der Waals surface area contributed by atoms with Crippen molar-refractivity contribution in [2.45, 2.75) is 46.6 Å². The van der Waals surface area contributed by atoms with Crippen LogP contribution in [0.2, 0.25) is 0 Å². The lowest BCUT2D eigenvalue weighted by Gasteiger charge is -2.36. The molecule has 1 aromatic heterocycles. The average Bonchev–Trinajstić information content (AvgIpc) is 2.97. The third kappa shape index (κ3) is 9.38. The highest BCUT2D eigenvalue weighted by Gasteiger charge is 2.37. The van der Waals surface area contributed by atoms with Gasteiger partial charge in [0.25, 0.3) is 5.91 Å². The molecule has 12 heteroatoms. The summed E-state index contributed by atoms with van der Waals surface area (Å²) in [6.45, 7) is 8.87. The lowest BCUT2D eigenvalue weighted by Crippen LogP contribution is -2.57. The standard InChI is InChI=1S/C29H41N4O7P/c1-5-8-18-38-29(36)33-16-14-32(15-17-33)28(35)26(21-41(37,39-6-2)40-7-3)31-27(34)25-20-22(4)19-24(30-25)23-12-10-9-11-13-23/h9-13,19-20,26H,5-8,14-18,21H2,1-4H3,(H,31,34)/t26-/m0/s1. The number of nitrogens with one attached hydrogen (secondary N) is 1. The highest BCUT2D eigenvalue weighted by molar-refractivity contribution is 7.54. The van der Waals surface area contributed by atoms with Crippen LogP contribution in [-0.2, 0) is 23.1 Å². The van der Waals surface area contributed by atoms with Crippen LogP contribution in [0.1, 0.15) is 49.7 Å². The van der Waals surface area contributed by atoms with E-state index in [1.165, 1.54) is 0 Å². The molecule has 11 nitrogen and oxygen atoms in total. The molecular weight excluding hydrogens is 547 g/mol. The van der Waals surface area contributed by atoms with Crippen LogP contribution in [0.4, 0.5) is 4.79 Å². The van der Waals surface area contributed by atoms with Gasteiger partial charge in [-0.25, -0.2) is 9.78 Å². The van der Waals surface area contributed by atoms with Crippen LogP contribution in [0.3, 0.4) is 0 Å². The molecule has 2 heterocycles. The van der Waals surface area contributed by atoms with E-state index in [0.717, 1.165) is 24.0 Å². The maximum atomic E-state index is 13.7. The van der Waals surface area contributed by atoms with Gasteiger partial charge in [0, 0.05) is 31.7 Å². The molecule has 224 valence electrons. The van der Waals surface area contributed by atoms with Gasteiger partial charge < -0.3 is 28.9 Å². The zero-order chi connectivity index (χ0) is 29.8. The summed E-state index contributed by atoms with van der Waals surface area (Å²) in [4.78, 5) is 47.2. The number of carbonyl (C=O) groups excluding carboxylic acids is 3. The molecule has 1 atom stereocenters. The number of pyridine rings is 1. The largest absolute Gasteiger partial charge is 0.449 e. The number of hydrogen-bond acceptors (Lipinski definition) is 8. The second-order valence-corrected chi connectivity index (χ2v) is 11.8. The minimum Gasteiger partial charge on any atom is -0.449 e. The lowest BCUT2D eigenvalue weighted by molar-refractivity contribution is -0.134. The van der Waals surface area contributed by atoms with Crippen molar-refractivity contribution >= 4 is 25.5 Å². The van der Waals surface area contributed by atoms with Crippen LogP contribution in [0.5, 0.6) is 0 Å². The molecule has 0 aliphatic carbocycles. The summed E-state index contributed by atoms with van der Waals surface area (Å²) in [5.41, 5.74) is 2.42. The monoisotopic (exact) mass is 588 g/mol. The van der Waals surface area contributed by atoms with Crippen LogP contribution in [0.15, 0.2) is 42.5 Å². The number of nitrogens with zero attached hydrogens (tertiary/aromatic N) is 3. The predicted molar refractivity (Wildman–Crippen MR) is 156 cm³/mol. The van der Waals surface area contributed by atoms with E-state index in [2.05, 4.69) is 10.3 Å². The molecule has 0 unspecified atom stereocenters. The van der Waals surface area contributed by atoms with Crippen molar-refractivity contribution in [1.29, 1.82) is 0 Å². The number of hydrogen-bond donors (Lipinski definition) is 1. The number of unbranched alkanes of at least 4 members (excludes halogenated alkanes) is 1. The van der Waals surface area contributed by atoms with Gasteiger partial charge in [0.05, 0.1) is 31.7 Å². The van der Waals surface area contributed by atoms with Gasteiger partial charge in [-0.2, -0.15) is 0 Å². The van der Waals surface area contributed by atoms with Crippen molar-refractivity contribution in [3.8, 4) is 11.3 Å². The van der Waals surface area contributed by atoms with E-state index in [4.69, 9.17) is 13.8 Å². The first-order valence-corrected chi connectivity index (χ1v) is 15.9. The molecule has 1 N–H and O–H groups in total. The first-order chi connectivity index (χ1) is 19.7. The first kappa shape index (κ1) is 32.2. The quantitative estimate of drug-likeness (QED) is 0.268. The minimum absolute atomic E-state index is 0.116. The maximum Gasteiger partial charge on any atom is 0.409 e. The van der Waals surface area contributed by atoms with Crippen molar-refractivity contribution in [2.75, 3.05) is 52.2 Å². The zero-order valence-corrected chi connectivity index (χ0v) is 25.2. The van der Waals surface area contributed by atoms with Crippen molar-refractivity contribution < 1.29 is 32.7 Å². The Morgan fingerprint density at radius 1 is 0.976 bits per heavy atom. The van der Waals surface area contributed by atoms with E-state index < -0.39 is 31.5 Å². The van der Waals surface area contributed by atoms with Gasteiger partial charge in [-0.05, 0) is 44.9 Å². The summed E-state index contributed by atoms with van der Waals surface area (Å²) in [6.07, 6.45) is 0.957. The highest BCUT2D eigenvalue weighted by Crippen LogP contribution is 2.48. The molecule has 0 radical (unpaired) electrons. The first-order valence-electron chi connectivity index (χ1n) is 14.1. The lowest BCUT2D eigenvalue weighted by atomic mass is 10.1. The number of rotatable bonds is 13. The number of ether oxygens (including phenoxy) is 1. The molecule has 2 aromatic rings. The molecule has 1 aliphatic rings. The molecule has 3 rings (SSSR count). The van der Waals surface area contributed by atoms with Gasteiger partial charge in [-0.3, -0.25) is 14.2 Å². The van der Waals surface area contributed by atoms with Crippen LogP contribution in [-0.4, -0.2) is 90.9 Å². The summed E-state index contributed by atoms with van der Waals surface area (Å²) >= 11 is 0. The van der Waals surface area contributed by atoms with Crippen LogP contribution < -0.4 is 5.32 Å². The maximum absolute atomic E-state index is 13.7. The molecule has 0 spiro atoms. The SMILES string of the molecule is CCCCOC(=O)N1CCN(C(=O)[C@H](CP(=O)(OCC)OCC)NC(=O)c2cc(C)cc(-c3ccccc3)n2)CC1. The highest BCUT2D eigenvalue weighted by atomic mass is 31.2. The zero-order valence-electron chi connectivity index (χ0n) is 24.3. The smallest absolute Gasteiger partial charge is 0.409 e. The van der Waals surface area contributed by atoms with E-state index >= 15 is 0 Å². The number of aromatic nitrogens is 1. The van der Waals surface area contributed by atoms with Gasteiger partial charge in [0.15, 0.2) is 0 Å². The summed E-state index contributed by atoms with van der Waals surface area (Å²) in [5, 5.41) is 2.75. The van der Waals surface area contributed by atoms with E-state index in [9.17, 15) is 18.9 Å². The molecule has 0 saturated carbocycles. The summed E-state index contributed by atoms with van der Waals surface area (Å²) in [7, 11) is -3.71. The fourth-order valence-electron chi connectivity index (χ4n) is 4.44. The Labute approximate surface area is 242 Å². The number of carbonyl (C=O) groups is 3. The van der Waals surface area contributed by atoms with E-state index in [1.54, 1.807) is 29.7 Å². The molecule has 41 heavy (non-hydrogen) atoms. The summed E-state index contributed by atoms with van der Waals surface area (Å²) < 4.78 is 29.6.